The molecule has 0 amide bonds. The Bertz CT molecular complexity index is 545. The molecule has 18 heavy (non-hydrogen) atoms. The van der Waals surface area contributed by atoms with Gasteiger partial charge in [0.25, 0.3) is 0 Å². The summed E-state index contributed by atoms with van der Waals surface area (Å²) in [6, 6.07) is 5.20. The predicted octanol–water partition coefficient (Wildman–Crippen LogP) is 2.69. The van der Waals surface area contributed by atoms with Crippen LogP contribution in [0.5, 0.6) is 0 Å². The summed E-state index contributed by atoms with van der Waals surface area (Å²) >= 11 is 12.1. The molecule has 0 saturated carbocycles. The van der Waals surface area contributed by atoms with Gasteiger partial charge in [0.15, 0.2) is 9.84 Å². The van der Waals surface area contributed by atoms with Crippen molar-refractivity contribution < 1.29 is 8.42 Å². The molecule has 1 aromatic carbocycles. The predicted molar refractivity (Wildman–Crippen MR) is 75.0 cm³/mol. The zero-order valence-electron chi connectivity index (χ0n) is 9.99. The molecule has 1 aromatic rings. The van der Waals surface area contributed by atoms with E-state index in [4.69, 9.17) is 23.2 Å². The number of hydrogen-bond donors (Lipinski definition) is 1. The Morgan fingerprint density at radius 3 is 2.67 bits per heavy atom. The van der Waals surface area contributed by atoms with E-state index in [0.717, 1.165) is 5.56 Å². The van der Waals surface area contributed by atoms with E-state index >= 15 is 0 Å². The lowest BCUT2D eigenvalue weighted by Crippen LogP contribution is -2.26. The number of halogens is 2. The van der Waals surface area contributed by atoms with Gasteiger partial charge < -0.3 is 5.32 Å². The summed E-state index contributed by atoms with van der Waals surface area (Å²) in [4.78, 5) is 0. The maximum Gasteiger partial charge on any atom is 0.150 e. The van der Waals surface area contributed by atoms with Gasteiger partial charge in [0.1, 0.15) is 0 Å². The lowest BCUT2D eigenvalue weighted by molar-refractivity contribution is 0.419. The van der Waals surface area contributed by atoms with Gasteiger partial charge in [-0.15, -0.1) is 0 Å². The van der Waals surface area contributed by atoms with Crippen molar-refractivity contribution in [2.45, 2.75) is 12.5 Å². The van der Waals surface area contributed by atoms with Gasteiger partial charge in [0.2, 0.25) is 0 Å². The summed E-state index contributed by atoms with van der Waals surface area (Å²) in [5, 5.41) is 4.38. The molecule has 0 radical (unpaired) electrons. The minimum Gasteiger partial charge on any atom is -0.313 e. The summed E-state index contributed by atoms with van der Waals surface area (Å²) < 4.78 is 23.1. The van der Waals surface area contributed by atoms with Crippen molar-refractivity contribution in [3.63, 3.8) is 0 Å². The molecule has 0 bridgehead atoms. The first-order valence-corrected chi connectivity index (χ1v) is 8.33. The van der Waals surface area contributed by atoms with Crippen molar-refractivity contribution in [2.75, 3.05) is 18.6 Å². The van der Waals surface area contributed by atoms with E-state index in [1.165, 1.54) is 0 Å². The summed E-state index contributed by atoms with van der Waals surface area (Å²) in [5.41, 5.74) is 0.869. The van der Waals surface area contributed by atoms with Gasteiger partial charge in [-0.05, 0) is 43.1 Å². The fourth-order valence-electron chi connectivity index (χ4n) is 2.48. The smallest absolute Gasteiger partial charge is 0.150 e. The number of nitrogens with one attached hydrogen (secondary N) is 1. The van der Waals surface area contributed by atoms with Crippen molar-refractivity contribution in [2.24, 2.45) is 5.92 Å². The molecule has 1 saturated heterocycles. The molecule has 2 rings (SSSR count). The zero-order chi connectivity index (χ0) is 13.3. The van der Waals surface area contributed by atoms with E-state index < -0.39 is 9.84 Å². The van der Waals surface area contributed by atoms with E-state index in [1.807, 2.05) is 7.05 Å². The average molecular weight is 308 g/mol. The SMILES string of the molecule is CNC(c1cc(Cl)ccc1Cl)C1CCS(=O)(=O)C1. The van der Waals surface area contributed by atoms with Crippen LogP contribution in [0.2, 0.25) is 10.0 Å². The van der Waals surface area contributed by atoms with Gasteiger partial charge in [-0.3, -0.25) is 0 Å². The third-order valence-electron chi connectivity index (χ3n) is 3.34. The molecule has 1 aliphatic heterocycles. The van der Waals surface area contributed by atoms with E-state index in [1.54, 1.807) is 18.2 Å². The quantitative estimate of drug-likeness (QED) is 0.934. The number of sulfone groups is 1. The van der Waals surface area contributed by atoms with Crippen molar-refractivity contribution >= 4 is 33.0 Å². The molecular formula is C12H15Cl2NO2S. The Kier molecular flexibility index (Phi) is 4.22. The van der Waals surface area contributed by atoms with Gasteiger partial charge >= 0.3 is 0 Å². The largest absolute Gasteiger partial charge is 0.313 e. The highest BCUT2D eigenvalue weighted by Crippen LogP contribution is 2.35. The minimum absolute atomic E-state index is 0.0518. The number of rotatable bonds is 3. The van der Waals surface area contributed by atoms with Crippen LogP contribution in [-0.2, 0) is 9.84 Å². The average Bonchev–Trinajstić information content (AvgIpc) is 2.65. The third-order valence-corrected chi connectivity index (χ3v) is 5.72. The Morgan fingerprint density at radius 1 is 1.39 bits per heavy atom. The topological polar surface area (TPSA) is 46.2 Å². The van der Waals surface area contributed by atoms with Crippen LogP contribution >= 0.6 is 23.2 Å². The molecule has 2 atom stereocenters. The first-order chi connectivity index (χ1) is 8.43. The molecule has 100 valence electrons. The van der Waals surface area contributed by atoms with Crippen molar-refractivity contribution in [3.05, 3.63) is 33.8 Å². The highest BCUT2D eigenvalue weighted by molar-refractivity contribution is 7.91. The van der Waals surface area contributed by atoms with E-state index in [9.17, 15) is 8.42 Å². The summed E-state index contributed by atoms with van der Waals surface area (Å²) in [5.74, 6) is 0.519. The standard InChI is InChI=1S/C12H15Cl2NO2S/c1-15-12(8-4-5-18(16,17)7-8)10-6-9(13)2-3-11(10)14/h2-3,6,8,12,15H,4-5,7H2,1H3. The van der Waals surface area contributed by atoms with Crippen LogP contribution in [-0.4, -0.2) is 27.0 Å². The highest BCUT2D eigenvalue weighted by atomic mass is 35.5. The molecule has 1 aliphatic rings. The third kappa shape index (κ3) is 2.99. The van der Waals surface area contributed by atoms with E-state index in [0.29, 0.717) is 16.5 Å². The second-order valence-corrected chi connectivity index (χ2v) is 7.67. The van der Waals surface area contributed by atoms with Gasteiger partial charge in [-0.2, -0.15) is 0 Å². The van der Waals surface area contributed by atoms with E-state index in [2.05, 4.69) is 5.32 Å². The Labute approximate surface area is 117 Å². The number of benzene rings is 1. The summed E-state index contributed by atoms with van der Waals surface area (Å²) in [6.07, 6.45) is 0.663. The molecule has 0 aromatic heterocycles. The molecule has 1 fully saturated rings. The van der Waals surface area contributed by atoms with Crippen LogP contribution in [0.25, 0.3) is 0 Å². The van der Waals surface area contributed by atoms with Gasteiger partial charge in [-0.1, -0.05) is 23.2 Å². The fraction of sp³-hybridized carbons (Fsp3) is 0.500. The Hall–Kier alpha value is -0.290. The lowest BCUT2D eigenvalue weighted by Gasteiger charge is -2.23. The second-order valence-electron chi connectivity index (χ2n) is 4.60. The van der Waals surface area contributed by atoms with Gasteiger partial charge in [-0.25, -0.2) is 8.42 Å². The van der Waals surface area contributed by atoms with Crippen molar-refractivity contribution in [1.82, 2.24) is 5.32 Å². The fourth-order valence-corrected chi connectivity index (χ4v) is 4.74. The van der Waals surface area contributed by atoms with Crippen LogP contribution in [0.15, 0.2) is 18.2 Å². The summed E-state index contributed by atoms with van der Waals surface area (Å²) in [6.45, 7) is 0. The number of hydrogen-bond acceptors (Lipinski definition) is 3. The zero-order valence-corrected chi connectivity index (χ0v) is 12.3. The van der Waals surface area contributed by atoms with Gasteiger partial charge in [0.05, 0.1) is 11.5 Å². The molecule has 3 nitrogen and oxygen atoms in total. The first kappa shape index (κ1) is 14.1. The molecule has 6 heteroatoms. The Morgan fingerprint density at radius 2 is 2.11 bits per heavy atom. The van der Waals surface area contributed by atoms with Crippen LogP contribution in [0.3, 0.4) is 0 Å². The minimum atomic E-state index is -2.90. The molecule has 0 aliphatic carbocycles. The van der Waals surface area contributed by atoms with Crippen molar-refractivity contribution in [3.8, 4) is 0 Å². The normalized spacial score (nSPS) is 24.1. The second kappa shape index (κ2) is 5.37. The molecule has 1 N–H and O–H groups in total. The van der Waals surface area contributed by atoms with E-state index in [-0.39, 0.29) is 23.5 Å². The van der Waals surface area contributed by atoms with Crippen LogP contribution in [0.4, 0.5) is 0 Å². The van der Waals surface area contributed by atoms with Crippen LogP contribution in [0.1, 0.15) is 18.0 Å². The molecule has 2 unspecified atom stereocenters. The lowest BCUT2D eigenvalue weighted by atomic mass is 9.92. The molecular weight excluding hydrogens is 293 g/mol. The van der Waals surface area contributed by atoms with Gasteiger partial charge in [0, 0.05) is 16.1 Å². The van der Waals surface area contributed by atoms with Crippen molar-refractivity contribution in [1.29, 1.82) is 0 Å². The van der Waals surface area contributed by atoms with Crippen LogP contribution in [0, 0.1) is 5.92 Å². The monoisotopic (exact) mass is 307 g/mol. The highest BCUT2D eigenvalue weighted by Gasteiger charge is 2.34. The first-order valence-electron chi connectivity index (χ1n) is 5.75. The van der Waals surface area contributed by atoms with Crippen LogP contribution < -0.4 is 5.32 Å². The maximum absolute atomic E-state index is 11.6. The Balaban J connectivity index is 2.31. The summed E-state index contributed by atoms with van der Waals surface area (Å²) in [7, 11) is -1.09. The molecule has 0 spiro atoms. The maximum atomic E-state index is 11.6. The molecule has 1 heterocycles.